The van der Waals surface area contributed by atoms with E-state index in [-0.39, 0.29) is 33.6 Å². The van der Waals surface area contributed by atoms with Crippen LogP contribution in [0.1, 0.15) is 10.4 Å². The number of benzene rings is 1. The number of anilines is 1. The van der Waals surface area contributed by atoms with Gasteiger partial charge in [0.2, 0.25) is 15.9 Å². The lowest BCUT2D eigenvalue weighted by molar-refractivity contribution is 0.1000. The highest BCUT2D eigenvalue weighted by Gasteiger charge is 2.31. The highest BCUT2D eigenvalue weighted by molar-refractivity contribution is 7.89. The van der Waals surface area contributed by atoms with E-state index in [1.165, 1.54) is 34.8 Å². The van der Waals surface area contributed by atoms with Crippen LogP contribution < -0.4 is 10.6 Å². The highest BCUT2D eigenvalue weighted by Crippen LogP contribution is 2.30. The Morgan fingerprint density at radius 1 is 1.04 bits per heavy atom. The minimum Gasteiger partial charge on any atom is -0.366 e. The molecule has 1 aromatic carbocycles. The Balaban J connectivity index is 1.77. The zero-order valence-electron chi connectivity index (χ0n) is 13.9. The summed E-state index contributed by atoms with van der Waals surface area (Å²) in [6.07, 6.45) is 1.35. The monoisotopic (exact) mass is 448 g/mol. The number of hydrogen-bond donors (Lipinski definition) is 1. The fourth-order valence-corrected chi connectivity index (χ4v) is 5.20. The second-order valence-electron chi connectivity index (χ2n) is 5.86. The van der Waals surface area contributed by atoms with Gasteiger partial charge in [-0.05, 0) is 24.3 Å². The lowest BCUT2D eigenvalue weighted by Crippen LogP contribution is -2.49. The number of carbonyl (C=O) groups is 1. The number of carbonyl (C=O) groups excluding carboxylic acids is 1. The number of nitrogens with zero attached hydrogens (tertiary/aromatic N) is 3. The molecule has 1 aromatic heterocycles. The minimum absolute atomic E-state index is 0.0212. The van der Waals surface area contributed by atoms with E-state index >= 15 is 0 Å². The standard InChI is InChI=1S/C16H15Cl3N4O3S/c17-11-1-2-12(18)14(8-11)27(25,26)23-5-3-22(4-6-23)16-13(19)7-10(9-21-16)15(20)24/h1-2,7-9H,3-6H2,(H2,20,24). The van der Waals surface area contributed by atoms with Gasteiger partial charge in [0.1, 0.15) is 10.7 Å². The number of sulfonamides is 1. The number of aromatic nitrogens is 1. The first kappa shape index (κ1) is 20.2. The summed E-state index contributed by atoms with van der Waals surface area (Å²) < 4.78 is 27.1. The Morgan fingerprint density at radius 2 is 1.70 bits per heavy atom. The molecule has 0 spiro atoms. The molecule has 1 saturated heterocycles. The van der Waals surface area contributed by atoms with Gasteiger partial charge in [0.05, 0.1) is 15.6 Å². The van der Waals surface area contributed by atoms with Gasteiger partial charge in [0.25, 0.3) is 0 Å². The van der Waals surface area contributed by atoms with E-state index in [0.717, 1.165) is 0 Å². The smallest absolute Gasteiger partial charge is 0.250 e. The van der Waals surface area contributed by atoms with Gasteiger partial charge in [-0.1, -0.05) is 34.8 Å². The molecular formula is C16H15Cl3N4O3S. The average molecular weight is 450 g/mol. The molecule has 0 unspecified atom stereocenters. The first-order valence-electron chi connectivity index (χ1n) is 7.85. The van der Waals surface area contributed by atoms with Crippen LogP contribution in [0, 0.1) is 0 Å². The van der Waals surface area contributed by atoms with Crippen LogP contribution in [0.3, 0.4) is 0 Å². The van der Waals surface area contributed by atoms with Crippen molar-refractivity contribution in [2.75, 3.05) is 31.1 Å². The third kappa shape index (κ3) is 4.14. The number of piperazine rings is 1. The first-order valence-corrected chi connectivity index (χ1v) is 10.4. The van der Waals surface area contributed by atoms with E-state index in [0.29, 0.717) is 23.9 Å². The average Bonchev–Trinajstić information content (AvgIpc) is 2.63. The molecule has 11 heteroatoms. The van der Waals surface area contributed by atoms with Crippen LogP contribution in [-0.2, 0) is 10.0 Å². The van der Waals surface area contributed by atoms with E-state index in [4.69, 9.17) is 40.5 Å². The fourth-order valence-electron chi connectivity index (χ4n) is 2.75. The molecule has 1 aliphatic rings. The maximum atomic E-state index is 12.9. The van der Waals surface area contributed by atoms with Gasteiger partial charge in [0, 0.05) is 37.4 Å². The maximum Gasteiger partial charge on any atom is 0.250 e. The van der Waals surface area contributed by atoms with Crippen LogP contribution in [-0.4, -0.2) is 49.8 Å². The summed E-state index contributed by atoms with van der Waals surface area (Å²) in [4.78, 5) is 17.2. The number of halogens is 3. The molecule has 2 aromatic rings. The molecule has 1 fully saturated rings. The first-order chi connectivity index (χ1) is 12.7. The fraction of sp³-hybridized carbons (Fsp3) is 0.250. The molecule has 3 rings (SSSR count). The van der Waals surface area contributed by atoms with E-state index in [9.17, 15) is 13.2 Å². The molecule has 0 saturated carbocycles. The summed E-state index contributed by atoms with van der Waals surface area (Å²) in [7, 11) is -3.77. The molecule has 144 valence electrons. The Kier molecular flexibility index (Phi) is 5.83. The van der Waals surface area contributed by atoms with Crippen LogP contribution in [0.25, 0.3) is 0 Å². The van der Waals surface area contributed by atoms with Crippen LogP contribution in [0.5, 0.6) is 0 Å². The Bertz CT molecular complexity index is 992. The molecule has 0 atom stereocenters. The lowest BCUT2D eigenvalue weighted by atomic mass is 10.2. The van der Waals surface area contributed by atoms with Crippen LogP contribution >= 0.6 is 34.8 Å². The lowest BCUT2D eigenvalue weighted by Gasteiger charge is -2.35. The predicted octanol–water partition coefficient (Wildman–Crippen LogP) is 2.65. The minimum atomic E-state index is -3.77. The molecule has 7 nitrogen and oxygen atoms in total. The SMILES string of the molecule is NC(=O)c1cnc(N2CCN(S(=O)(=O)c3cc(Cl)ccc3Cl)CC2)c(Cl)c1. The van der Waals surface area contributed by atoms with Gasteiger partial charge in [-0.2, -0.15) is 4.31 Å². The van der Waals surface area contributed by atoms with Gasteiger partial charge < -0.3 is 10.6 Å². The summed E-state index contributed by atoms with van der Waals surface area (Å²) in [6, 6.07) is 5.77. The van der Waals surface area contributed by atoms with E-state index in [2.05, 4.69) is 4.98 Å². The predicted molar refractivity (Wildman–Crippen MR) is 105 cm³/mol. The van der Waals surface area contributed by atoms with Crippen LogP contribution in [0.15, 0.2) is 35.4 Å². The van der Waals surface area contributed by atoms with Crippen molar-refractivity contribution in [3.63, 3.8) is 0 Å². The van der Waals surface area contributed by atoms with Crippen molar-refractivity contribution in [3.05, 3.63) is 51.1 Å². The van der Waals surface area contributed by atoms with Gasteiger partial charge >= 0.3 is 0 Å². The van der Waals surface area contributed by atoms with Crippen LogP contribution in [0.4, 0.5) is 5.82 Å². The number of primary amides is 1. The summed E-state index contributed by atoms with van der Waals surface area (Å²) in [6.45, 7) is 1.20. The van der Waals surface area contributed by atoms with E-state index < -0.39 is 15.9 Å². The second kappa shape index (κ2) is 7.81. The molecule has 2 N–H and O–H groups in total. The van der Waals surface area contributed by atoms with Crippen molar-refractivity contribution in [1.82, 2.24) is 9.29 Å². The van der Waals surface area contributed by atoms with E-state index in [1.807, 2.05) is 4.90 Å². The Morgan fingerprint density at radius 3 is 2.30 bits per heavy atom. The molecule has 0 bridgehead atoms. The summed E-state index contributed by atoms with van der Waals surface area (Å²) in [5.74, 6) is -0.148. The second-order valence-corrected chi connectivity index (χ2v) is 9.02. The van der Waals surface area contributed by atoms with Crippen molar-refractivity contribution in [1.29, 1.82) is 0 Å². The number of pyridine rings is 1. The van der Waals surface area contributed by atoms with Crippen molar-refractivity contribution in [3.8, 4) is 0 Å². The number of amides is 1. The Labute approximate surface area is 171 Å². The Hall–Kier alpha value is -1.58. The van der Waals surface area contributed by atoms with Gasteiger partial charge in [0.15, 0.2) is 0 Å². The van der Waals surface area contributed by atoms with Crippen molar-refractivity contribution in [2.24, 2.45) is 5.73 Å². The third-order valence-corrected chi connectivity index (χ3v) is 7.05. The molecule has 27 heavy (non-hydrogen) atoms. The maximum absolute atomic E-state index is 12.9. The third-order valence-electron chi connectivity index (χ3n) is 4.16. The number of rotatable bonds is 4. The van der Waals surface area contributed by atoms with Gasteiger partial charge in [-0.3, -0.25) is 4.79 Å². The molecule has 1 aliphatic heterocycles. The molecule has 0 radical (unpaired) electrons. The quantitative estimate of drug-likeness (QED) is 0.774. The van der Waals surface area contributed by atoms with Crippen molar-refractivity contribution < 1.29 is 13.2 Å². The molecule has 2 heterocycles. The number of hydrogen-bond acceptors (Lipinski definition) is 5. The largest absolute Gasteiger partial charge is 0.366 e. The summed E-state index contributed by atoms with van der Waals surface area (Å²) in [5, 5.41) is 0.691. The van der Waals surface area contributed by atoms with Crippen molar-refractivity contribution >= 4 is 56.6 Å². The normalized spacial score (nSPS) is 15.7. The van der Waals surface area contributed by atoms with Gasteiger partial charge in [-0.25, -0.2) is 13.4 Å². The van der Waals surface area contributed by atoms with Crippen LogP contribution in [0.2, 0.25) is 15.1 Å². The van der Waals surface area contributed by atoms with Crippen molar-refractivity contribution in [2.45, 2.75) is 4.90 Å². The zero-order chi connectivity index (χ0) is 19.8. The molecule has 1 amide bonds. The number of nitrogens with two attached hydrogens (primary N) is 1. The summed E-state index contributed by atoms with van der Waals surface area (Å²) >= 11 is 18.1. The van der Waals surface area contributed by atoms with E-state index in [1.54, 1.807) is 0 Å². The topological polar surface area (TPSA) is 96.6 Å². The highest BCUT2D eigenvalue weighted by atomic mass is 35.5. The molecular weight excluding hydrogens is 435 g/mol. The molecule has 0 aliphatic carbocycles. The zero-order valence-corrected chi connectivity index (χ0v) is 17.0. The van der Waals surface area contributed by atoms with Gasteiger partial charge in [-0.15, -0.1) is 0 Å². The summed E-state index contributed by atoms with van der Waals surface area (Å²) in [5.41, 5.74) is 5.42.